The summed E-state index contributed by atoms with van der Waals surface area (Å²) in [5.74, 6) is -0.808. The molecule has 4 atom stereocenters. The first kappa shape index (κ1) is 31.1. The van der Waals surface area contributed by atoms with Gasteiger partial charge in [0.05, 0.1) is 30.5 Å². The molecule has 1 aliphatic carbocycles. The highest BCUT2D eigenvalue weighted by Gasteiger charge is 2.51. The molecule has 0 radical (unpaired) electrons. The summed E-state index contributed by atoms with van der Waals surface area (Å²) in [4.78, 5) is 27.6. The number of amides is 1. The fourth-order valence-electron chi connectivity index (χ4n) is 5.53. The van der Waals surface area contributed by atoms with Gasteiger partial charge in [-0.3, -0.25) is 13.9 Å². The lowest BCUT2D eigenvalue weighted by Crippen LogP contribution is -2.57. The highest BCUT2D eigenvalue weighted by atomic mass is 35.5. The van der Waals surface area contributed by atoms with Crippen LogP contribution in [0.5, 0.6) is 0 Å². The first-order chi connectivity index (χ1) is 19.6. The Morgan fingerprint density at radius 2 is 1.54 bits per heavy atom. The van der Waals surface area contributed by atoms with Crippen molar-refractivity contribution < 1.29 is 18.9 Å². The van der Waals surface area contributed by atoms with E-state index in [0.717, 1.165) is 29.1 Å². The third kappa shape index (κ3) is 8.12. The van der Waals surface area contributed by atoms with Crippen molar-refractivity contribution in [2.24, 2.45) is 11.3 Å². The minimum absolute atomic E-state index is 0.132. The molecule has 41 heavy (non-hydrogen) atoms. The maximum absolute atomic E-state index is 14.0. The van der Waals surface area contributed by atoms with E-state index in [1.165, 1.54) is 0 Å². The zero-order valence-corrected chi connectivity index (χ0v) is 25.6. The molecule has 1 saturated carbocycles. The van der Waals surface area contributed by atoms with E-state index in [0.29, 0.717) is 30.3 Å². The molecule has 1 N–H and O–H groups in total. The van der Waals surface area contributed by atoms with Crippen LogP contribution < -0.4 is 4.31 Å². The molecule has 3 aromatic rings. The van der Waals surface area contributed by atoms with Gasteiger partial charge in [-0.1, -0.05) is 78.7 Å². The van der Waals surface area contributed by atoms with E-state index in [1.807, 2.05) is 94.1 Å². The van der Waals surface area contributed by atoms with Crippen molar-refractivity contribution in [2.75, 3.05) is 17.1 Å². The molecule has 0 spiro atoms. The largest absolute Gasteiger partial charge is 0.481 e. The standard InChI is InChI=1S/C26H31ClN2O4S.C6H5Cl/c1-26(16-24(30)31)15-14-22(18-10-12-20(27)13-11-18)29(25(26)32)23(19-8-9-19)17-28(34(2)33)21-6-4-3-5-7-21;7-6-4-2-1-3-5-6/h3-7,10-13,19,22-23H,8-9,14-17H2,1-2H3,(H,30,31);1-5H/t22-,23?,26+,34?;/m0./s1. The van der Waals surface area contributed by atoms with Gasteiger partial charge in [0.15, 0.2) is 0 Å². The quantitative estimate of drug-likeness (QED) is 0.272. The average molecular weight is 616 g/mol. The van der Waals surface area contributed by atoms with Gasteiger partial charge in [-0.15, -0.1) is 0 Å². The normalized spacial score (nSPS) is 21.8. The molecular weight excluding hydrogens is 579 g/mol. The summed E-state index contributed by atoms with van der Waals surface area (Å²) in [5.41, 5.74) is 0.865. The smallest absolute Gasteiger partial charge is 0.304 e. The Morgan fingerprint density at radius 3 is 2.02 bits per heavy atom. The number of likely N-dealkylation sites (tertiary alicyclic amines) is 1. The maximum atomic E-state index is 14.0. The zero-order chi connectivity index (χ0) is 29.6. The van der Waals surface area contributed by atoms with Crippen molar-refractivity contribution >= 4 is 51.8 Å². The summed E-state index contributed by atoms with van der Waals surface area (Å²) in [6, 6.07) is 26.2. The minimum Gasteiger partial charge on any atom is -0.481 e. The zero-order valence-electron chi connectivity index (χ0n) is 23.3. The van der Waals surface area contributed by atoms with Crippen LogP contribution in [0.4, 0.5) is 5.69 Å². The Balaban J connectivity index is 0.000000483. The highest BCUT2D eigenvalue weighted by molar-refractivity contribution is 7.85. The van der Waals surface area contributed by atoms with Crippen LogP contribution in [0.15, 0.2) is 84.9 Å². The van der Waals surface area contributed by atoms with Gasteiger partial charge in [0.2, 0.25) is 5.91 Å². The molecule has 1 amide bonds. The molecule has 5 rings (SSSR count). The molecule has 0 aromatic heterocycles. The number of carboxylic acid groups (broad SMARTS) is 1. The van der Waals surface area contributed by atoms with Gasteiger partial charge in [-0.05, 0) is 73.6 Å². The fourth-order valence-corrected chi connectivity index (χ4v) is 6.58. The van der Waals surface area contributed by atoms with Gasteiger partial charge in [0.1, 0.15) is 11.0 Å². The number of hydrogen-bond acceptors (Lipinski definition) is 3. The number of halogens is 2. The number of carbonyl (C=O) groups is 2. The van der Waals surface area contributed by atoms with Gasteiger partial charge in [0, 0.05) is 22.0 Å². The number of piperidine rings is 1. The summed E-state index contributed by atoms with van der Waals surface area (Å²) in [7, 11) is -1.28. The van der Waals surface area contributed by atoms with Crippen LogP contribution in [0, 0.1) is 11.3 Å². The van der Waals surface area contributed by atoms with E-state index in [1.54, 1.807) is 13.2 Å². The topological polar surface area (TPSA) is 77.9 Å². The van der Waals surface area contributed by atoms with Crippen molar-refractivity contribution in [1.82, 2.24) is 4.90 Å². The van der Waals surface area contributed by atoms with E-state index >= 15 is 0 Å². The van der Waals surface area contributed by atoms with Gasteiger partial charge in [-0.2, -0.15) is 0 Å². The molecule has 1 saturated heterocycles. The molecular formula is C32H36Cl2N2O4S. The number of anilines is 1. The van der Waals surface area contributed by atoms with E-state index in [2.05, 4.69) is 0 Å². The van der Waals surface area contributed by atoms with Crippen molar-refractivity contribution in [1.29, 1.82) is 0 Å². The highest BCUT2D eigenvalue weighted by Crippen LogP contribution is 2.48. The second kappa shape index (κ2) is 13.9. The molecule has 218 valence electrons. The minimum atomic E-state index is -1.28. The molecule has 9 heteroatoms. The first-order valence-corrected chi connectivity index (χ1v) is 16.0. The summed E-state index contributed by atoms with van der Waals surface area (Å²) in [6.45, 7) is 2.20. The van der Waals surface area contributed by atoms with Crippen molar-refractivity contribution in [3.63, 3.8) is 0 Å². The summed E-state index contributed by atoms with van der Waals surface area (Å²) < 4.78 is 14.6. The number of rotatable bonds is 9. The summed E-state index contributed by atoms with van der Waals surface area (Å²) >= 11 is 11.7. The van der Waals surface area contributed by atoms with Crippen LogP contribution in [0.25, 0.3) is 0 Å². The SMILES string of the molecule is CS(=O)N(CC(C1CC1)N1C(=O)[C@@](C)(CC(=O)O)CC[C@H]1c1ccc(Cl)cc1)c1ccccc1.Clc1ccccc1. The average Bonchev–Trinajstić information content (AvgIpc) is 3.78. The first-order valence-electron chi connectivity index (χ1n) is 13.8. The third-order valence-corrected chi connectivity index (χ3v) is 9.30. The maximum Gasteiger partial charge on any atom is 0.304 e. The van der Waals surface area contributed by atoms with Crippen LogP contribution >= 0.6 is 23.2 Å². The van der Waals surface area contributed by atoms with Gasteiger partial charge < -0.3 is 10.0 Å². The third-order valence-electron chi connectivity index (χ3n) is 7.82. The Morgan fingerprint density at radius 1 is 0.976 bits per heavy atom. The molecule has 2 unspecified atom stereocenters. The van der Waals surface area contributed by atoms with E-state index in [4.69, 9.17) is 23.2 Å². The molecule has 6 nitrogen and oxygen atoms in total. The molecule has 0 bridgehead atoms. The number of aliphatic carboxylic acids is 1. The predicted molar refractivity (Wildman–Crippen MR) is 166 cm³/mol. The van der Waals surface area contributed by atoms with E-state index < -0.39 is 22.4 Å². The number of hydrogen-bond donors (Lipinski definition) is 1. The predicted octanol–water partition coefficient (Wildman–Crippen LogP) is 7.40. The lowest BCUT2D eigenvalue weighted by molar-refractivity contribution is -0.159. The van der Waals surface area contributed by atoms with Crippen LogP contribution in [-0.4, -0.2) is 44.9 Å². The van der Waals surface area contributed by atoms with E-state index in [9.17, 15) is 18.9 Å². The lowest BCUT2D eigenvalue weighted by Gasteiger charge is -2.49. The molecule has 1 aliphatic heterocycles. The lowest BCUT2D eigenvalue weighted by atomic mass is 9.74. The van der Waals surface area contributed by atoms with Crippen molar-refractivity contribution in [3.05, 3.63) is 101 Å². The Labute approximate surface area is 254 Å². The second-order valence-electron chi connectivity index (χ2n) is 11.0. The van der Waals surface area contributed by atoms with Crippen LogP contribution in [0.3, 0.4) is 0 Å². The van der Waals surface area contributed by atoms with E-state index in [-0.39, 0.29) is 24.4 Å². The van der Waals surface area contributed by atoms with Gasteiger partial charge >= 0.3 is 5.97 Å². The number of benzene rings is 3. The number of para-hydroxylation sites is 1. The van der Waals surface area contributed by atoms with Crippen molar-refractivity contribution in [2.45, 2.75) is 51.1 Å². The van der Waals surface area contributed by atoms with Crippen LogP contribution in [-0.2, 0) is 20.6 Å². The Kier molecular flexibility index (Phi) is 10.5. The summed E-state index contributed by atoms with van der Waals surface area (Å²) in [6.07, 6.45) is 4.62. The van der Waals surface area contributed by atoms with Crippen LogP contribution in [0.2, 0.25) is 10.0 Å². The number of carbonyl (C=O) groups excluding carboxylic acids is 1. The van der Waals surface area contributed by atoms with Gasteiger partial charge in [0.25, 0.3) is 0 Å². The molecule has 1 heterocycles. The second-order valence-corrected chi connectivity index (χ2v) is 13.1. The van der Waals surface area contributed by atoms with Gasteiger partial charge in [-0.25, -0.2) is 4.21 Å². The monoisotopic (exact) mass is 614 g/mol. The van der Waals surface area contributed by atoms with Crippen LogP contribution in [0.1, 0.15) is 50.6 Å². The fraction of sp³-hybridized carbons (Fsp3) is 0.375. The number of carboxylic acids is 1. The number of nitrogens with zero attached hydrogens (tertiary/aromatic N) is 2. The Hall–Kier alpha value is -2.87. The Bertz CT molecular complexity index is 1340. The molecule has 2 aliphatic rings. The summed E-state index contributed by atoms with van der Waals surface area (Å²) in [5, 5.41) is 11.0. The van der Waals surface area contributed by atoms with Crippen molar-refractivity contribution in [3.8, 4) is 0 Å². The molecule has 2 fully saturated rings. The molecule has 3 aromatic carbocycles.